The Labute approximate surface area is 158 Å². The van der Waals surface area contributed by atoms with Crippen molar-refractivity contribution in [2.75, 3.05) is 13.1 Å². The van der Waals surface area contributed by atoms with Gasteiger partial charge in [0.15, 0.2) is 0 Å². The highest BCUT2D eigenvalue weighted by Gasteiger charge is 2.57. The molecular formula is C21H23N3O3. The smallest absolute Gasteiger partial charge is 0.407 e. The molecule has 27 heavy (non-hydrogen) atoms. The SMILES string of the molecule is CC(C)c1ccc(C(O)(c2ccnc(C#N)c2)C2(C)CN(C(=O)O)C2)cc1. The number of nitriles is 1. The van der Waals surface area contributed by atoms with Crippen LogP contribution < -0.4 is 0 Å². The number of carbonyl (C=O) groups is 1. The van der Waals surface area contributed by atoms with Gasteiger partial charge in [0.25, 0.3) is 0 Å². The summed E-state index contributed by atoms with van der Waals surface area (Å²) in [5.74, 6) is 0.361. The van der Waals surface area contributed by atoms with Gasteiger partial charge in [-0.25, -0.2) is 9.78 Å². The lowest BCUT2D eigenvalue weighted by Gasteiger charge is -2.55. The summed E-state index contributed by atoms with van der Waals surface area (Å²) in [4.78, 5) is 16.6. The third-order valence-electron chi connectivity index (χ3n) is 5.51. The molecule has 0 aliphatic carbocycles. The number of pyridine rings is 1. The van der Waals surface area contributed by atoms with E-state index >= 15 is 0 Å². The van der Waals surface area contributed by atoms with Crippen molar-refractivity contribution in [3.8, 4) is 6.07 Å². The van der Waals surface area contributed by atoms with Crippen LogP contribution in [-0.2, 0) is 5.60 Å². The lowest BCUT2D eigenvalue weighted by atomic mass is 9.62. The van der Waals surface area contributed by atoms with E-state index in [1.54, 1.807) is 12.1 Å². The molecule has 1 saturated heterocycles. The molecule has 0 spiro atoms. The van der Waals surface area contributed by atoms with Gasteiger partial charge in [-0.2, -0.15) is 5.26 Å². The molecule has 2 N–H and O–H groups in total. The number of carboxylic acid groups (broad SMARTS) is 1. The number of hydrogen-bond donors (Lipinski definition) is 2. The molecule has 2 heterocycles. The predicted octanol–water partition coefficient (Wildman–Crippen LogP) is 3.31. The summed E-state index contributed by atoms with van der Waals surface area (Å²) in [6.07, 6.45) is 0.496. The Hall–Kier alpha value is -2.91. The standard InChI is InChI=1S/C21H23N3O3/c1-14(2)15-4-6-16(7-5-15)21(27,17-8-9-23-18(10-17)11-22)20(3)12-24(13-20)19(25)26/h4-10,14,27H,12-13H2,1-3H3,(H,25,26). The molecule has 1 amide bonds. The fraction of sp³-hybridized carbons (Fsp3) is 0.381. The van der Waals surface area contributed by atoms with Crippen molar-refractivity contribution in [3.05, 3.63) is 65.0 Å². The zero-order valence-electron chi connectivity index (χ0n) is 15.7. The Morgan fingerprint density at radius 3 is 2.41 bits per heavy atom. The molecule has 1 atom stereocenters. The highest BCUT2D eigenvalue weighted by molar-refractivity contribution is 5.67. The van der Waals surface area contributed by atoms with Gasteiger partial charge in [-0.05, 0) is 34.7 Å². The Balaban J connectivity index is 2.12. The van der Waals surface area contributed by atoms with Crippen molar-refractivity contribution < 1.29 is 15.0 Å². The van der Waals surface area contributed by atoms with Gasteiger partial charge in [0.2, 0.25) is 0 Å². The Bertz CT molecular complexity index is 896. The van der Waals surface area contributed by atoms with Gasteiger partial charge in [-0.15, -0.1) is 0 Å². The topological polar surface area (TPSA) is 97.5 Å². The Morgan fingerprint density at radius 2 is 1.89 bits per heavy atom. The first-order valence-electron chi connectivity index (χ1n) is 8.88. The van der Waals surface area contributed by atoms with Crippen LogP contribution in [0.1, 0.15) is 49.1 Å². The minimum atomic E-state index is -1.44. The molecule has 6 nitrogen and oxygen atoms in total. The largest absolute Gasteiger partial charge is 0.465 e. The fourth-order valence-corrected chi connectivity index (χ4v) is 3.85. The molecule has 0 bridgehead atoms. The molecule has 1 aliphatic heterocycles. The monoisotopic (exact) mass is 365 g/mol. The number of hydrogen-bond acceptors (Lipinski definition) is 4. The van der Waals surface area contributed by atoms with E-state index in [2.05, 4.69) is 18.8 Å². The van der Waals surface area contributed by atoms with E-state index in [1.165, 1.54) is 11.1 Å². The fourth-order valence-electron chi connectivity index (χ4n) is 3.85. The molecule has 1 aromatic carbocycles. The van der Waals surface area contributed by atoms with Crippen molar-refractivity contribution in [2.24, 2.45) is 5.41 Å². The Morgan fingerprint density at radius 1 is 1.26 bits per heavy atom. The predicted molar refractivity (Wildman–Crippen MR) is 100 cm³/mol. The summed E-state index contributed by atoms with van der Waals surface area (Å²) in [7, 11) is 0. The highest BCUT2D eigenvalue weighted by Crippen LogP contribution is 2.50. The van der Waals surface area contributed by atoms with Crippen LogP contribution in [0.15, 0.2) is 42.6 Å². The van der Waals surface area contributed by atoms with E-state index in [-0.39, 0.29) is 18.8 Å². The molecule has 0 saturated carbocycles. The molecule has 1 aromatic heterocycles. The second-order valence-corrected chi connectivity index (χ2v) is 7.73. The molecule has 0 radical (unpaired) electrons. The average molecular weight is 365 g/mol. The van der Waals surface area contributed by atoms with E-state index in [0.717, 1.165) is 5.56 Å². The second kappa shape index (κ2) is 6.67. The van der Waals surface area contributed by atoms with Crippen molar-refractivity contribution >= 4 is 6.09 Å². The summed E-state index contributed by atoms with van der Waals surface area (Å²) in [5.41, 5.74) is 0.414. The van der Waals surface area contributed by atoms with Crippen LogP contribution in [-0.4, -0.2) is 39.3 Å². The third-order valence-corrected chi connectivity index (χ3v) is 5.51. The van der Waals surface area contributed by atoms with Crippen LogP contribution in [0.25, 0.3) is 0 Å². The van der Waals surface area contributed by atoms with Crippen LogP contribution in [0.5, 0.6) is 0 Å². The minimum Gasteiger partial charge on any atom is -0.465 e. The number of amides is 1. The van der Waals surface area contributed by atoms with Gasteiger partial charge in [0.1, 0.15) is 17.4 Å². The van der Waals surface area contributed by atoms with E-state index in [0.29, 0.717) is 17.0 Å². The van der Waals surface area contributed by atoms with Crippen LogP contribution in [0.2, 0.25) is 0 Å². The maximum Gasteiger partial charge on any atom is 0.407 e. The first kappa shape index (κ1) is 18.9. The number of likely N-dealkylation sites (tertiary alicyclic amines) is 1. The van der Waals surface area contributed by atoms with E-state index in [4.69, 9.17) is 0 Å². The number of aromatic nitrogens is 1. The first-order valence-corrected chi connectivity index (χ1v) is 8.88. The maximum absolute atomic E-state index is 11.9. The number of benzene rings is 1. The molecular weight excluding hydrogens is 342 g/mol. The summed E-state index contributed by atoms with van der Waals surface area (Å²) >= 11 is 0. The van der Waals surface area contributed by atoms with Gasteiger partial charge in [0, 0.05) is 24.7 Å². The summed E-state index contributed by atoms with van der Waals surface area (Å²) in [6.45, 7) is 6.47. The zero-order chi connectivity index (χ0) is 19.8. The van der Waals surface area contributed by atoms with Crippen LogP contribution >= 0.6 is 0 Å². The minimum absolute atomic E-state index is 0.203. The molecule has 2 aromatic rings. The van der Waals surface area contributed by atoms with Crippen molar-refractivity contribution in [1.29, 1.82) is 5.26 Å². The van der Waals surface area contributed by atoms with Crippen LogP contribution in [0, 0.1) is 16.7 Å². The number of aliphatic hydroxyl groups is 1. The van der Waals surface area contributed by atoms with Gasteiger partial charge < -0.3 is 15.1 Å². The van der Waals surface area contributed by atoms with Crippen molar-refractivity contribution in [3.63, 3.8) is 0 Å². The zero-order valence-corrected chi connectivity index (χ0v) is 15.7. The van der Waals surface area contributed by atoms with E-state index in [1.807, 2.05) is 37.3 Å². The Kier molecular flexibility index (Phi) is 4.66. The highest BCUT2D eigenvalue weighted by atomic mass is 16.4. The van der Waals surface area contributed by atoms with Gasteiger partial charge in [-0.1, -0.05) is 45.0 Å². The van der Waals surface area contributed by atoms with Crippen molar-refractivity contribution in [1.82, 2.24) is 9.88 Å². The first-order chi connectivity index (χ1) is 12.7. The third kappa shape index (κ3) is 3.04. The molecule has 140 valence electrons. The van der Waals surface area contributed by atoms with E-state index < -0.39 is 17.1 Å². The summed E-state index contributed by atoms with van der Waals surface area (Å²) in [5, 5.41) is 30.4. The quantitative estimate of drug-likeness (QED) is 0.866. The molecule has 6 heteroatoms. The maximum atomic E-state index is 11.9. The molecule has 3 rings (SSSR count). The molecule has 1 unspecified atom stereocenters. The number of nitrogens with zero attached hydrogens (tertiary/aromatic N) is 3. The number of rotatable bonds is 4. The average Bonchev–Trinajstić information content (AvgIpc) is 2.64. The molecule has 1 fully saturated rings. The normalized spacial score (nSPS) is 17.7. The van der Waals surface area contributed by atoms with Gasteiger partial charge in [0.05, 0.1) is 0 Å². The van der Waals surface area contributed by atoms with Crippen LogP contribution in [0.3, 0.4) is 0 Å². The van der Waals surface area contributed by atoms with Crippen molar-refractivity contribution in [2.45, 2.75) is 32.3 Å². The lowest BCUT2D eigenvalue weighted by molar-refractivity contribution is -0.124. The summed E-state index contributed by atoms with van der Waals surface area (Å²) in [6, 6.07) is 13.0. The lowest BCUT2D eigenvalue weighted by Crippen LogP contribution is -2.66. The molecule has 1 aliphatic rings. The van der Waals surface area contributed by atoms with E-state index in [9.17, 15) is 20.3 Å². The van der Waals surface area contributed by atoms with Gasteiger partial charge >= 0.3 is 6.09 Å². The second-order valence-electron chi connectivity index (χ2n) is 7.73. The summed E-state index contributed by atoms with van der Waals surface area (Å²) < 4.78 is 0. The van der Waals surface area contributed by atoms with Gasteiger partial charge in [-0.3, -0.25) is 0 Å². The van der Waals surface area contributed by atoms with Crippen LogP contribution in [0.4, 0.5) is 4.79 Å².